The molecule has 5 nitrogen and oxygen atoms in total. The molecule has 1 aliphatic rings. The van der Waals surface area contributed by atoms with Gasteiger partial charge in [0, 0.05) is 22.6 Å². The molecule has 3 aromatic rings. The average molecular weight is 401 g/mol. The second-order valence-electron chi connectivity index (χ2n) is 5.37. The van der Waals surface area contributed by atoms with Crippen LogP contribution in [0.4, 0.5) is 5.69 Å². The summed E-state index contributed by atoms with van der Waals surface area (Å²) < 4.78 is 3.43. The molecule has 0 bridgehead atoms. The molecule has 0 saturated carbocycles. The van der Waals surface area contributed by atoms with Crippen molar-refractivity contribution in [3.63, 3.8) is 0 Å². The van der Waals surface area contributed by atoms with Gasteiger partial charge in [0.05, 0.1) is 4.53 Å². The van der Waals surface area contributed by atoms with E-state index in [1.165, 1.54) is 11.3 Å². The minimum atomic E-state index is -0.00980. The number of halogens is 1. The number of nitrogens with zero attached hydrogens (tertiary/aromatic N) is 4. The molecule has 0 saturated heterocycles. The lowest BCUT2D eigenvalue weighted by atomic mass is 10.3. The van der Waals surface area contributed by atoms with Gasteiger partial charge in [-0.15, -0.1) is 0 Å². The van der Waals surface area contributed by atoms with E-state index in [1.54, 1.807) is 17.0 Å². The Morgan fingerprint density at radius 2 is 2.04 bits per heavy atom. The smallest absolute Gasteiger partial charge is 0.271 e. The van der Waals surface area contributed by atoms with Crippen molar-refractivity contribution in [2.45, 2.75) is 6.67 Å². The average Bonchev–Trinajstić information content (AvgIpc) is 2.92. The van der Waals surface area contributed by atoms with Gasteiger partial charge in [0.2, 0.25) is 0 Å². The number of fused-ring (bicyclic) bond motifs is 1. The van der Waals surface area contributed by atoms with E-state index in [-0.39, 0.29) is 5.56 Å². The number of hydrogen-bond donors (Lipinski definition) is 0. The van der Waals surface area contributed by atoms with Crippen LogP contribution in [-0.4, -0.2) is 16.2 Å². The first-order valence-electron chi connectivity index (χ1n) is 7.37. The van der Waals surface area contributed by atoms with Crippen molar-refractivity contribution in [3.05, 3.63) is 78.5 Å². The topological polar surface area (TPSA) is 50.5 Å². The van der Waals surface area contributed by atoms with Gasteiger partial charge in [-0.3, -0.25) is 14.3 Å². The van der Waals surface area contributed by atoms with Crippen LogP contribution in [0.5, 0.6) is 0 Å². The lowest BCUT2D eigenvalue weighted by Crippen LogP contribution is -2.42. The summed E-state index contributed by atoms with van der Waals surface area (Å²) in [5, 5.41) is 0. The van der Waals surface area contributed by atoms with E-state index in [0.29, 0.717) is 17.9 Å². The summed E-state index contributed by atoms with van der Waals surface area (Å²) >= 11 is 4.86. The maximum atomic E-state index is 12.7. The van der Waals surface area contributed by atoms with E-state index in [1.807, 2.05) is 42.5 Å². The Bertz CT molecular complexity index is 1040. The van der Waals surface area contributed by atoms with Gasteiger partial charge in [-0.2, -0.15) is 0 Å². The fourth-order valence-corrected chi connectivity index (χ4v) is 3.77. The summed E-state index contributed by atoms with van der Waals surface area (Å²) in [7, 11) is 0. The Hall–Kier alpha value is -2.25. The van der Waals surface area contributed by atoms with Gasteiger partial charge in [-0.05, 0) is 42.0 Å². The lowest BCUT2D eigenvalue weighted by Gasteiger charge is -2.25. The third-order valence-electron chi connectivity index (χ3n) is 3.75. The maximum absolute atomic E-state index is 12.7. The van der Waals surface area contributed by atoms with Crippen molar-refractivity contribution in [2.75, 3.05) is 11.6 Å². The highest BCUT2D eigenvalue weighted by Crippen LogP contribution is 2.19. The van der Waals surface area contributed by atoms with Gasteiger partial charge in [0.15, 0.2) is 4.80 Å². The number of hydrogen-bond acceptors (Lipinski definition) is 5. The highest BCUT2D eigenvalue weighted by molar-refractivity contribution is 9.10. The van der Waals surface area contributed by atoms with Crippen LogP contribution in [0.25, 0.3) is 6.08 Å². The van der Waals surface area contributed by atoms with Crippen molar-refractivity contribution in [1.82, 2.24) is 9.55 Å². The van der Waals surface area contributed by atoms with Crippen LogP contribution in [0, 0.1) is 0 Å². The number of benzene rings is 1. The Labute approximate surface area is 150 Å². The highest BCUT2D eigenvalue weighted by Gasteiger charge is 2.15. The zero-order valence-electron chi connectivity index (χ0n) is 12.6. The highest BCUT2D eigenvalue weighted by atomic mass is 79.9. The normalized spacial score (nSPS) is 14.4. The van der Waals surface area contributed by atoms with Gasteiger partial charge in [0.25, 0.3) is 5.56 Å². The van der Waals surface area contributed by atoms with E-state index in [4.69, 9.17) is 0 Å². The zero-order chi connectivity index (χ0) is 16.5. The molecule has 2 aromatic heterocycles. The molecule has 0 amide bonds. The molecule has 7 heteroatoms. The molecule has 1 aromatic carbocycles. The molecule has 24 heavy (non-hydrogen) atoms. The SMILES string of the molecule is O=c1/c(=C\c2cccnc2)sc2n1CN(c1ccc(Br)cc1)CN=2. The van der Waals surface area contributed by atoms with Gasteiger partial charge in [-0.25, -0.2) is 4.99 Å². The number of thiazole rings is 1. The molecule has 0 aliphatic carbocycles. The molecular weight excluding hydrogens is 388 g/mol. The number of rotatable bonds is 2. The molecule has 0 radical (unpaired) electrons. The molecule has 0 atom stereocenters. The Morgan fingerprint density at radius 1 is 1.21 bits per heavy atom. The van der Waals surface area contributed by atoms with Crippen LogP contribution in [0.2, 0.25) is 0 Å². The molecule has 0 N–H and O–H groups in total. The lowest BCUT2D eigenvalue weighted by molar-refractivity contribution is 0.569. The third kappa shape index (κ3) is 2.92. The Balaban J connectivity index is 1.71. The van der Waals surface area contributed by atoms with Gasteiger partial charge >= 0.3 is 0 Å². The third-order valence-corrected chi connectivity index (χ3v) is 5.32. The summed E-state index contributed by atoms with van der Waals surface area (Å²) in [6.45, 7) is 1.06. The van der Waals surface area contributed by atoms with Gasteiger partial charge in [-0.1, -0.05) is 33.3 Å². The molecule has 0 fully saturated rings. The van der Waals surface area contributed by atoms with Gasteiger partial charge < -0.3 is 4.90 Å². The first-order valence-corrected chi connectivity index (χ1v) is 8.98. The van der Waals surface area contributed by atoms with Crippen molar-refractivity contribution >= 4 is 39.0 Å². The van der Waals surface area contributed by atoms with E-state index < -0.39 is 0 Å². The van der Waals surface area contributed by atoms with E-state index in [0.717, 1.165) is 20.5 Å². The quantitative estimate of drug-likeness (QED) is 0.660. The molecular formula is C17H13BrN4OS. The molecule has 3 heterocycles. The van der Waals surface area contributed by atoms with Crippen LogP contribution in [0.15, 0.2) is 63.1 Å². The molecule has 120 valence electrons. The molecule has 0 unspecified atom stereocenters. The molecule has 0 spiro atoms. The largest absolute Gasteiger partial charge is 0.334 e. The van der Waals surface area contributed by atoms with Crippen LogP contribution >= 0.6 is 27.3 Å². The first kappa shape index (κ1) is 15.3. The van der Waals surface area contributed by atoms with Crippen molar-refractivity contribution in [1.29, 1.82) is 0 Å². The summed E-state index contributed by atoms with van der Waals surface area (Å²) in [6, 6.07) is 11.8. The second-order valence-corrected chi connectivity index (χ2v) is 7.29. The summed E-state index contributed by atoms with van der Waals surface area (Å²) in [6.07, 6.45) is 5.33. The monoisotopic (exact) mass is 400 g/mol. The van der Waals surface area contributed by atoms with E-state index in [9.17, 15) is 4.79 Å². The number of anilines is 1. The summed E-state index contributed by atoms with van der Waals surface area (Å²) in [4.78, 5) is 24.2. The second kappa shape index (κ2) is 6.33. The zero-order valence-corrected chi connectivity index (χ0v) is 15.0. The summed E-state index contributed by atoms with van der Waals surface area (Å²) in [5.74, 6) is 0. The van der Waals surface area contributed by atoms with E-state index >= 15 is 0 Å². The molecule has 1 aliphatic heterocycles. The van der Waals surface area contributed by atoms with E-state index in [2.05, 4.69) is 30.8 Å². The van der Waals surface area contributed by atoms with Crippen LogP contribution < -0.4 is 19.8 Å². The maximum Gasteiger partial charge on any atom is 0.271 e. The number of aromatic nitrogens is 2. The fourth-order valence-electron chi connectivity index (χ4n) is 2.54. The van der Waals surface area contributed by atoms with Crippen LogP contribution in [0.3, 0.4) is 0 Å². The predicted molar refractivity (Wildman–Crippen MR) is 98.7 cm³/mol. The fraction of sp³-hybridized carbons (Fsp3) is 0.118. The first-order chi connectivity index (χ1) is 11.7. The Morgan fingerprint density at radius 3 is 2.79 bits per heavy atom. The number of pyridine rings is 1. The predicted octanol–water partition coefficient (Wildman–Crippen LogP) is 1.95. The van der Waals surface area contributed by atoms with Crippen molar-refractivity contribution in [3.8, 4) is 0 Å². The van der Waals surface area contributed by atoms with Crippen LogP contribution in [0.1, 0.15) is 5.56 Å². The minimum Gasteiger partial charge on any atom is -0.334 e. The molecule has 4 rings (SSSR count). The van der Waals surface area contributed by atoms with Gasteiger partial charge in [0.1, 0.15) is 13.3 Å². The standard InChI is InChI=1S/C17H13BrN4OS/c18-13-3-5-14(6-4-13)21-10-20-17-22(11-21)16(23)15(24-17)8-12-2-1-7-19-9-12/h1-9H,10-11H2/b15-8+. The van der Waals surface area contributed by atoms with Crippen LogP contribution in [-0.2, 0) is 6.67 Å². The van der Waals surface area contributed by atoms with Crippen molar-refractivity contribution < 1.29 is 0 Å². The minimum absolute atomic E-state index is 0.00980. The van der Waals surface area contributed by atoms with Crippen molar-refractivity contribution in [2.24, 2.45) is 4.99 Å². The summed E-state index contributed by atoms with van der Waals surface area (Å²) in [5.41, 5.74) is 1.95. The Kier molecular flexibility index (Phi) is 4.03.